The number of carbonyl (C=O) groups excluding carboxylic acids is 1. The van der Waals surface area contributed by atoms with Gasteiger partial charge in [0.05, 0.1) is 6.42 Å². The summed E-state index contributed by atoms with van der Waals surface area (Å²) in [6.45, 7) is 2.88. The minimum absolute atomic E-state index is 0.169. The molecule has 1 rings (SSSR count). The van der Waals surface area contributed by atoms with Gasteiger partial charge in [0.1, 0.15) is 6.61 Å². The van der Waals surface area contributed by atoms with E-state index < -0.39 is 33.7 Å². The van der Waals surface area contributed by atoms with E-state index in [9.17, 15) is 18.0 Å². The van der Waals surface area contributed by atoms with Crippen molar-refractivity contribution in [2.24, 2.45) is 5.41 Å². The van der Waals surface area contributed by atoms with Crippen LogP contribution in [-0.2, 0) is 16.1 Å². The van der Waals surface area contributed by atoms with Crippen LogP contribution in [0, 0.1) is 5.41 Å². The minimum Gasteiger partial charge on any atom is -0.461 e. The summed E-state index contributed by atoms with van der Waals surface area (Å²) in [6.07, 6.45) is -5.87. The highest BCUT2D eigenvalue weighted by atomic mass is 35.5. The molecule has 0 aliphatic heterocycles. The Hall–Kier alpha value is -0.0700. The van der Waals surface area contributed by atoms with E-state index in [0.29, 0.717) is 15.6 Å². The van der Waals surface area contributed by atoms with Crippen molar-refractivity contribution in [3.63, 3.8) is 0 Å². The van der Waals surface area contributed by atoms with Crippen molar-refractivity contribution < 1.29 is 22.7 Å². The van der Waals surface area contributed by atoms with Crippen molar-refractivity contribution in [2.75, 3.05) is 0 Å². The molecule has 2 nitrogen and oxygen atoms in total. The fraction of sp³-hybridized carbons (Fsp3) is 0.562. The Morgan fingerprint density at radius 1 is 1.15 bits per heavy atom. The molecule has 148 valence electrons. The largest absolute Gasteiger partial charge is 0.461 e. The molecular weight excluding hydrogens is 458 g/mol. The second-order valence-corrected chi connectivity index (χ2v) is 9.23. The van der Waals surface area contributed by atoms with E-state index in [1.165, 1.54) is 13.8 Å². The van der Waals surface area contributed by atoms with Crippen molar-refractivity contribution in [2.45, 2.75) is 49.2 Å². The summed E-state index contributed by atoms with van der Waals surface area (Å²) in [5, 5.41) is -0.464. The van der Waals surface area contributed by atoms with Gasteiger partial charge in [-0.05, 0) is 17.5 Å². The van der Waals surface area contributed by atoms with Crippen LogP contribution in [0.25, 0.3) is 0 Å². The van der Waals surface area contributed by atoms with Crippen LogP contribution in [-0.4, -0.2) is 21.9 Å². The lowest BCUT2D eigenvalue weighted by molar-refractivity contribution is -0.148. The van der Waals surface area contributed by atoms with Gasteiger partial charge < -0.3 is 4.74 Å². The zero-order valence-electron chi connectivity index (χ0n) is 13.8. The molecule has 1 atom stereocenters. The van der Waals surface area contributed by atoms with Crippen LogP contribution in [0.1, 0.15) is 32.3 Å². The maximum Gasteiger partial charge on any atom is 0.421 e. The van der Waals surface area contributed by atoms with Gasteiger partial charge >= 0.3 is 12.1 Å². The van der Waals surface area contributed by atoms with E-state index in [1.807, 2.05) is 0 Å². The summed E-state index contributed by atoms with van der Waals surface area (Å²) < 4.78 is 40.5. The molecule has 0 saturated heterocycles. The molecule has 0 saturated carbocycles. The van der Waals surface area contributed by atoms with Gasteiger partial charge in [-0.1, -0.05) is 66.3 Å². The van der Waals surface area contributed by atoms with Gasteiger partial charge in [0.2, 0.25) is 4.33 Å². The molecule has 0 radical (unpaired) electrons. The summed E-state index contributed by atoms with van der Waals surface area (Å²) in [4.78, 5) is 12.1. The van der Waals surface area contributed by atoms with Crippen molar-refractivity contribution in [3.8, 4) is 0 Å². The summed E-state index contributed by atoms with van der Waals surface area (Å²) in [5.41, 5.74) is -0.620. The zero-order chi connectivity index (χ0) is 20.3. The van der Waals surface area contributed by atoms with Gasteiger partial charge in [-0.25, -0.2) is 0 Å². The molecule has 1 aromatic rings. The Morgan fingerprint density at radius 2 is 1.65 bits per heavy atom. The Balaban J connectivity index is 2.69. The van der Waals surface area contributed by atoms with Gasteiger partial charge in [-0.2, -0.15) is 13.2 Å². The Kier molecular flexibility index (Phi) is 8.25. The molecule has 26 heavy (non-hydrogen) atoms. The normalized spacial score (nSPS) is 14.2. The Labute approximate surface area is 174 Å². The quantitative estimate of drug-likeness (QED) is 0.309. The number of hydrogen-bond donors (Lipinski definition) is 0. The molecule has 0 fully saturated rings. The zero-order valence-corrected chi connectivity index (χ0v) is 17.6. The monoisotopic (exact) mass is 472 g/mol. The third kappa shape index (κ3) is 6.52. The van der Waals surface area contributed by atoms with Crippen LogP contribution in [0.4, 0.5) is 13.2 Å². The van der Waals surface area contributed by atoms with Crippen LogP contribution in [0.15, 0.2) is 18.2 Å². The number of hydrogen-bond acceptors (Lipinski definition) is 2. The first-order valence-electron chi connectivity index (χ1n) is 7.34. The molecule has 0 N–H and O–H groups in total. The third-order valence-electron chi connectivity index (χ3n) is 3.74. The van der Waals surface area contributed by atoms with Crippen molar-refractivity contribution in [1.82, 2.24) is 0 Å². The lowest BCUT2D eigenvalue weighted by atomic mass is 9.83. The molecule has 10 heteroatoms. The summed E-state index contributed by atoms with van der Waals surface area (Å²) in [5.74, 6) is -0.668. The fourth-order valence-electron chi connectivity index (χ4n) is 1.97. The fourth-order valence-corrected chi connectivity index (χ4v) is 3.26. The van der Waals surface area contributed by atoms with Crippen molar-refractivity contribution in [3.05, 3.63) is 33.8 Å². The standard InChI is InChI=1S/C16H16Cl5F3O2/c1-14(2,12(19)6-15(20,21)16(22,23)24)7-13(25)26-8-9-10(17)4-3-5-11(9)18/h3-5,12H,6-8H2,1-2H3. The minimum atomic E-state index is -4.85. The molecular formula is C16H16Cl5F3O2. The maximum absolute atomic E-state index is 12.8. The number of alkyl halides is 6. The van der Waals surface area contributed by atoms with Crippen molar-refractivity contribution >= 4 is 64.0 Å². The molecule has 0 heterocycles. The lowest BCUT2D eigenvalue weighted by Gasteiger charge is -2.33. The van der Waals surface area contributed by atoms with Gasteiger partial charge in [-0.15, -0.1) is 11.6 Å². The highest BCUT2D eigenvalue weighted by molar-refractivity contribution is 6.49. The second kappa shape index (κ2) is 8.95. The van der Waals surface area contributed by atoms with Gasteiger partial charge in [0.25, 0.3) is 0 Å². The first kappa shape index (κ1) is 24.0. The van der Waals surface area contributed by atoms with Gasteiger partial charge in [0.15, 0.2) is 0 Å². The number of esters is 1. The van der Waals surface area contributed by atoms with E-state index in [0.717, 1.165) is 0 Å². The molecule has 0 aliphatic carbocycles. The number of benzene rings is 1. The second-order valence-electron chi connectivity index (χ2n) is 6.40. The number of ether oxygens (including phenoxy) is 1. The predicted octanol–water partition coefficient (Wildman–Crippen LogP) is 7.19. The van der Waals surface area contributed by atoms with Crippen LogP contribution < -0.4 is 0 Å². The van der Waals surface area contributed by atoms with E-state index in [4.69, 9.17) is 62.7 Å². The average Bonchev–Trinajstić information content (AvgIpc) is 2.44. The molecule has 0 spiro atoms. The number of carbonyl (C=O) groups is 1. The van der Waals surface area contributed by atoms with Crippen LogP contribution in [0.2, 0.25) is 10.0 Å². The van der Waals surface area contributed by atoms with Crippen LogP contribution >= 0.6 is 58.0 Å². The van der Waals surface area contributed by atoms with E-state index >= 15 is 0 Å². The molecule has 0 bridgehead atoms. The Morgan fingerprint density at radius 3 is 2.12 bits per heavy atom. The number of rotatable bonds is 7. The average molecular weight is 475 g/mol. The lowest BCUT2D eigenvalue weighted by Crippen LogP contribution is -2.40. The SMILES string of the molecule is CC(C)(CC(=O)OCc1c(Cl)cccc1Cl)C(Cl)CC(Cl)(Cl)C(F)(F)F. The molecule has 0 aromatic heterocycles. The molecule has 0 aliphatic rings. The highest BCUT2D eigenvalue weighted by Crippen LogP contribution is 2.47. The smallest absolute Gasteiger partial charge is 0.421 e. The summed E-state index contributed by atoms with van der Waals surface area (Å²) >= 11 is 28.7. The third-order valence-corrected chi connectivity index (χ3v) is 5.93. The first-order valence-corrected chi connectivity index (χ1v) is 9.29. The molecule has 1 aromatic carbocycles. The molecule has 1 unspecified atom stereocenters. The maximum atomic E-state index is 12.8. The van der Waals surface area contributed by atoms with Gasteiger partial charge in [0, 0.05) is 27.4 Å². The Bertz CT molecular complexity index is 627. The first-order chi connectivity index (χ1) is 11.7. The highest BCUT2D eigenvalue weighted by Gasteiger charge is 2.54. The van der Waals surface area contributed by atoms with Crippen molar-refractivity contribution in [1.29, 1.82) is 0 Å². The van der Waals surface area contributed by atoms with Gasteiger partial charge in [-0.3, -0.25) is 4.79 Å². The predicted molar refractivity (Wildman–Crippen MR) is 99.4 cm³/mol. The van der Waals surface area contributed by atoms with E-state index in [2.05, 4.69) is 0 Å². The topological polar surface area (TPSA) is 26.3 Å². The van der Waals surface area contributed by atoms with Crippen LogP contribution in [0.5, 0.6) is 0 Å². The summed E-state index contributed by atoms with van der Waals surface area (Å²) in [6, 6.07) is 4.82. The van der Waals surface area contributed by atoms with E-state index in [-0.39, 0.29) is 13.0 Å². The number of halogens is 8. The van der Waals surface area contributed by atoms with E-state index in [1.54, 1.807) is 18.2 Å². The molecule has 0 amide bonds. The van der Waals surface area contributed by atoms with Crippen LogP contribution in [0.3, 0.4) is 0 Å². The summed E-state index contributed by atoms with van der Waals surface area (Å²) in [7, 11) is 0.